The van der Waals surface area contributed by atoms with Crippen LogP contribution in [0.5, 0.6) is 0 Å². The van der Waals surface area contributed by atoms with Crippen molar-refractivity contribution < 1.29 is 9.72 Å². The summed E-state index contributed by atoms with van der Waals surface area (Å²) >= 11 is 0. The van der Waals surface area contributed by atoms with Crippen LogP contribution in [0, 0.1) is 17.0 Å². The van der Waals surface area contributed by atoms with Gasteiger partial charge >= 0.3 is 0 Å². The molecular formula is C20H21N5O3. The Balaban J connectivity index is 1.75. The van der Waals surface area contributed by atoms with Crippen molar-refractivity contribution in [1.29, 1.82) is 0 Å². The van der Waals surface area contributed by atoms with Gasteiger partial charge in [0, 0.05) is 22.8 Å². The summed E-state index contributed by atoms with van der Waals surface area (Å²) in [4.78, 5) is 27.1. The van der Waals surface area contributed by atoms with Crippen molar-refractivity contribution in [1.82, 2.24) is 15.2 Å². The molecule has 8 nitrogen and oxygen atoms in total. The summed E-state index contributed by atoms with van der Waals surface area (Å²) < 4.78 is 0. The van der Waals surface area contributed by atoms with Gasteiger partial charge in [0.2, 0.25) is 5.95 Å². The number of nitrogens with zero attached hydrogens (tertiary/aromatic N) is 3. The van der Waals surface area contributed by atoms with Gasteiger partial charge in [-0.3, -0.25) is 25.3 Å². The van der Waals surface area contributed by atoms with Gasteiger partial charge in [-0.1, -0.05) is 45.0 Å². The van der Waals surface area contributed by atoms with Crippen LogP contribution in [0.25, 0.3) is 11.4 Å². The van der Waals surface area contributed by atoms with Crippen LogP contribution in [-0.2, 0) is 5.41 Å². The fraction of sp³-hybridized carbons (Fsp3) is 0.250. The maximum absolute atomic E-state index is 12.4. The van der Waals surface area contributed by atoms with E-state index in [2.05, 4.69) is 41.3 Å². The molecule has 0 spiro atoms. The highest BCUT2D eigenvalue weighted by Gasteiger charge is 2.16. The Hall–Kier alpha value is -3.55. The molecule has 0 radical (unpaired) electrons. The van der Waals surface area contributed by atoms with Gasteiger partial charge in [0.1, 0.15) is 0 Å². The molecule has 0 atom stereocenters. The number of aromatic nitrogens is 3. The van der Waals surface area contributed by atoms with Gasteiger partial charge in [-0.2, -0.15) is 4.98 Å². The van der Waals surface area contributed by atoms with Crippen LogP contribution >= 0.6 is 0 Å². The number of nitro groups is 1. The number of carbonyl (C=O) groups excluding carboxylic acids is 1. The van der Waals surface area contributed by atoms with Crippen LogP contribution < -0.4 is 5.32 Å². The number of carbonyl (C=O) groups is 1. The average Bonchev–Trinajstić information content (AvgIpc) is 3.09. The number of rotatable bonds is 4. The fourth-order valence-corrected chi connectivity index (χ4v) is 2.75. The molecule has 2 aromatic carbocycles. The molecule has 0 saturated heterocycles. The van der Waals surface area contributed by atoms with E-state index in [1.54, 1.807) is 6.92 Å². The zero-order valence-corrected chi connectivity index (χ0v) is 16.1. The molecule has 28 heavy (non-hydrogen) atoms. The van der Waals surface area contributed by atoms with Crippen LogP contribution in [0.15, 0.2) is 42.5 Å². The molecule has 1 amide bonds. The molecule has 1 heterocycles. The molecular weight excluding hydrogens is 358 g/mol. The Bertz CT molecular complexity index is 1030. The van der Waals surface area contributed by atoms with E-state index >= 15 is 0 Å². The Kier molecular flexibility index (Phi) is 4.96. The number of H-pyrrole nitrogens is 1. The quantitative estimate of drug-likeness (QED) is 0.520. The molecule has 144 valence electrons. The van der Waals surface area contributed by atoms with Crippen molar-refractivity contribution in [3.63, 3.8) is 0 Å². The predicted molar refractivity (Wildman–Crippen MR) is 106 cm³/mol. The number of anilines is 1. The molecule has 3 rings (SSSR count). The first-order chi connectivity index (χ1) is 13.1. The predicted octanol–water partition coefficient (Wildman–Crippen LogP) is 4.24. The summed E-state index contributed by atoms with van der Waals surface area (Å²) in [6.45, 7) is 8.01. The van der Waals surface area contributed by atoms with Gasteiger partial charge in [0.15, 0.2) is 5.82 Å². The molecule has 3 aromatic rings. The maximum Gasteiger partial charge on any atom is 0.272 e. The molecule has 0 aliphatic carbocycles. The number of nitrogens with one attached hydrogen (secondary N) is 2. The van der Waals surface area contributed by atoms with Crippen LogP contribution in [0.3, 0.4) is 0 Å². The lowest BCUT2D eigenvalue weighted by Crippen LogP contribution is -2.13. The lowest BCUT2D eigenvalue weighted by molar-refractivity contribution is -0.385. The van der Waals surface area contributed by atoms with Crippen molar-refractivity contribution >= 4 is 17.5 Å². The van der Waals surface area contributed by atoms with Crippen molar-refractivity contribution in [3.8, 4) is 11.4 Å². The van der Waals surface area contributed by atoms with Gasteiger partial charge < -0.3 is 0 Å². The number of nitro benzene ring substituents is 1. The highest BCUT2D eigenvalue weighted by Crippen LogP contribution is 2.25. The topological polar surface area (TPSA) is 114 Å². The summed E-state index contributed by atoms with van der Waals surface area (Å²) in [7, 11) is 0. The highest BCUT2D eigenvalue weighted by atomic mass is 16.6. The molecule has 8 heteroatoms. The van der Waals surface area contributed by atoms with E-state index < -0.39 is 10.8 Å². The number of amides is 1. The van der Waals surface area contributed by atoms with Gasteiger partial charge in [-0.15, -0.1) is 5.10 Å². The Morgan fingerprint density at radius 3 is 2.39 bits per heavy atom. The number of hydrogen-bond acceptors (Lipinski definition) is 5. The minimum atomic E-state index is -0.483. The third-order valence-electron chi connectivity index (χ3n) is 4.39. The fourth-order valence-electron chi connectivity index (χ4n) is 2.75. The summed E-state index contributed by atoms with van der Waals surface area (Å²) in [5.41, 5.74) is 2.79. The van der Waals surface area contributed by atoms with Crippen molar-refractivity contribution in [2.75, 3.05) is 5.32 Å². The SMILES string of the molecule is Cc1cc(C(=O)Nc2n[nH]c(-c3ccc(C(C)(C)C)cc3)n2)ccc1[N+](=O)[O-]. The first-order valence-electron chi connectivity index (χ1n) is 8.75. The van der Waals surface area contributed by atoms with E-state index in [9.17, 15) is 14.9 Å². The van der Waals surface area contributed by atoms with Gasteiger partial charge in [-0.05, 0) is 30.0 Å². The molecule has 0 unspecified atom stereocenters. The minimum Gasteiger partial charge on any atom is -0.289 e. The molecule has 2 N–H and O–H groups in total. The van der Waals surface area contributed by atoms with Gasteiger partial charge in [0.05, 0.1) is 4.92 Å². The Morgan fingerprint density at radius 2 is 1.82 bits per heavy atom. The standard InChI is InChI=1S/C20H21N5O3/c1-12-11-14(7-10-16(12)25(27)28)18(26)22-19-21-17(23-24-19)13-5-8-15(9-6-13)20(2,3)4/h5-11H,1-4H3,(H2,21,22,23,24,26). The second-order valence-electron chi connectivity index (χ2n) is 7.55. The molecule has 0 saturated carbocycles. The largest absolute Gasteiger partial charge is 0.289 e. The van der Waals surface area contributed by atoms with Crippen molar-refractivity contribution in [2.45, 2.75) is 33.1 Å². The van der Waals surface area contributed by atoms with E-state index in [-0.39, 0.29) is 17.1 Å². The van der Waals surface area contributed by atoms with Crippen LogP contribution in [0.4, 0.5) is 11.6 Å². The van der Waals surface area contributed by atoms with Crippen LogP contribution in [0.2, 0.25) is 0 Å². The summed E-state index contributed by atoms with van der Waals surface area (Å²) in [5.74, 6) is 0.234. The highest BCUT2D eigenvalue weighted by molar-refractivity contribution is 6.03. The Labute approximate surface area is 162 Å². The maximum atomic E-state index is 12.4. The smallest absolute Gasteiger partial charge is 0.272 e. The zero-order chi connectivity index (χ0) is 20.5. The second kappa shape index (κ2) is 7.22. The lowest BCUT2D eigenvalue weighted by atomic mass is 9.87. The normalized spacial score (nSPS) is 11.3. The first kappa shape index (κ1) is 19.2. The lowest BCUT2D eigenvalue weighted by Gasteiger charge is -2.18. The van der Waals surface area contributed by atoms with Crippen LogP contribution in [0.1, 0.15) is 42.3 Å². The summed E-state index contributed by atoms with van der Waals surface area (Å²) in [5, 5.41) is 20.3. The van der Waals surface area contributed by atoms with Crippen molar-refractivity contribution in [3.05, 3.63) is 69.3 Å². The van der Waals surface area contributed by atoms with E-state index in [1.807, 2.05) is 24.3 Å². The zero-order valence-electron chi connectivity index (χ0n) is 16.1. The Morgan fingerprint density at radius 1 is 1.14 bits per heavy atom. The van der Waals surface area contributed by atoms with E-state index in [0.717, 1.165) is 5.56 Å². The van der Waals surface area contributed by atoms with E-state index in [1.165, 1.54) is 23.8 Å². The van der Waals surface area contributed by atoms with Gasteiger partial charge in [-0.25, -0.2) is 0 Å². The molecule has 0 aliphatic heterocycles. The number of benzene rings is 2. The van der Waals surface area contributed by atoms with E-state index in [0.29, 0.717) is 17.0 Å². The van der Waals surface area contributed by atoms with Crippen LogP contribution in [-0.4, -0.2) is 26.0 Å². The number of hydrogen-bond donors (Lipinski definition) is 2. The van der Waals surface area contributed by atoms with Gasteiger partial charge in [0.25, 0.3) is 11.6 Å². The summed E-state index contributed by atoms with van der Waals surface area (Å²) in [6, 6.07) is 12.2. The first-order valence-corrected chi connectivity index (χ1v) is 8.75. The van der Waals surface area contributed by atoms with Crippen molar-refractivity contribution in [2.24, 2.45) is 0 Å². The molecule has 0 fully saturated rings. The van der Waals surface area contributed by atoms with E-state index in [4.69, 9.17) is 0 Å². The third kappa shape index (κ3) is 4.06. The second-order valence-corrected chi connectivity index (χ2v) is 7.55. The number of aromatic amines is 1. The average molecular weight is 379 g/mol. The monoisotopic (exact) mass is 379 g/mol. The molecule has 1 aromatic heterocycles. The summed E-state index contributed by atoms with van der Waals surface area (Å²) in [6.07, 6.45) is 0. The molecule has 0 aliphatic rings. The minimum absolute atomic E-state index is 0.0320. The number of aryl methyl sites for hydroxylation is 1. The third-order valence-corrected chi connectivity index (χ3v) is 4.39. The molecule has 0 bridgehead atoms.